The van der Waals surface area contributed by atoms with Gasteiger partial charge in [-0.25, -0.2) is 17.5 Å². The molecule has 0 spiro atoms. The number of aryl methyl sites for hydroxylation is 1. The third kappa shape index (κ3) is 4.18. The number of hydrogen-bond donors (Lipinski definition) is 2. The first-order valence-corrected chi connectivity index (χ1v) is 9.14. The van der Waals surface area contributed by atoms with Gasteiger partial charge < -0.3 is 5.11 Å². The van der Waals surface area contributed by atoms with Crippen molar-refractivity contribution in [2.24, 2.45) is 0 Å². The molecule has 1 unspecified atom stereocenters. The molecule has 1 atom stereocenters. The third-order valence-corrected chi connectivity index (χ3v) is 5.20. The van der Waals surface area contributed by atoms with Crippen LogP contribution < -0.4 is 4.72 Å². The van der Waals surface area contributed by atoms with E-state index in [1.54, 1.807) is 11.8 Å². The van der Waals surface area contributed by atoms with Crippen LogP contribution in [0.3, 0.4) is 0 Å². The SMILES string of the molecule is CCC(CSC)NS(=O)(=O)c1cc(C)c(F)c(CO)c1. The molecule has 0 saturated heterocycles. The predicted octanol–water partition coefficient (Wildman–Crippen LogP) is 2.05. The Bertz CT molecular complexity index is 561. The fourth-order valence-corrected chi connectivity index (χ4v) is 4.08. The number of aliphatic hydroxyl groups excluding tert-OH is 1. The van der Waals surface area contributed by atoms with E-state index in [0.29, 0.717) is 12.2 Å². The standard InChI is InChI=1S/C13H20FNO3S2/c1-4-11(8-19-3)15-20(17,18)12-5-9(2)13(14)10(6-12)7-16/h5-6,11,15-16H,4,7-8H2,1-3H3. The Balaban J connectivity index is 3.12. The summed E-state index contributed by atoms with van der Waals surface area (Å²) in [4.78, 5) is -0.0139. The molecule has 1 aromatic carbocycles. The summed E-state index contributed by atoms with van der Waals surface area (Å²) in [5.74, 6) is 0.102. The van der Waals surface area contributed by atoms with Crippen molar-refractivity contribution in [3.05, 3.63) is 29.1 Å². The summed E-state index contributed by atoms with van der Waals surface area (Å²) < 4.78 is 40.8. The van der Waals surface area contributed by atoms with E-state index in [0.717, 1.165) is 0 Å². The topological polar surface area (TPSA) is 66.4 Å². The van der Waals surface area contributed by atoms with Gasteiger partial charge >= 0.3 is 0 Å². The molecule has 0 aliphatic carbocycles. The maximum absolute atomic E-state index is 13.6. The Morgan fingerprint density at radius 1 is 1.45 bits per heavy atom. The fraction of sp³-hybridized carbons (Fsp3) is 0.538. The molecule has 0 amide bonds. The molecule has 1 rings (SSSR count). The number of aliphatic hydroxyl groups is 1. The van der Waals surface area contributed by atoms with E-state index in [9.17, 15) is 12.8 Å². The highest BCUT2D eigenvalue weighted by molar-refractivity contribution is 7.98. The molecule has 0 aliphatic rings. The molecule has 0 fully saturated rings. The maximum Gasteiger partial charge on any atom is 0.240 e. The van der Waals surface area contributed by atoms with E-state index in [1.807, 2.05) is 13.2 Å². The van der Waals surface area contributed by atoms with E-state index in [-0.39, 0.29) is 22.1 Å². The Morgan fingerprint density at radius 3 is 2.60 bits per heavy atom. The van der Waals surface area contributed by atoms with Gasteiger partial charge in [-0.15, -0.1) is 0 Å². The second-order valence-electron chi connectivity index (χ2n) is 4.55. The van der Waals surface area contributed by atoms with Crippen LogP contribution in [0.25, 0.3) is 0 Å². The van der Waals surface area contributed by atoms with Gasteiger partial charge in [0.2, 0.25) is 10.0 Å². The van der Waals surface area contributed by atoms with Gasteiger partial charge in [0.1, 0.15) is 5.82 Å². The van der Waals surface area contributed by atoms with Gasteiger partial charge in [0, 0.05) is 17.4 Å². The molecule has 7 heteroatoms. The molecule has 4 nitrogen and oxygen atoms in total. The normalized spacial score (nSPS) is 13.4. The van der Waals surface area contributed by atoms with Crippen LogP contribution in [0.1, 0.15) is 24.5 Å². The van der Waals surface area contributed by atoms with Gasteiger partial charge in [-0.05, 0) is 37.3 Å². The molecule has 0 radical (unpaired) electrons. The quantitative estimate of drug-likeness (QED) is 0.806. The molecular weight excluding hydrogens is 301 g/mol. The van der Waals surface area contributed by atoms with Gasteiger partial charge in [-0.1, -0.05) is 6.92 Å². The number of benzene rings is 1. The monoisotopic (exact) mass is 321 g/mol. The molecule has 0 heterocycles. The van der Waals surface area contributed by atoms with Gasteiger partial charge in [-0.2, -0.15) is 11.8 Å². The van der Waals surface area contributed by atoms with Crippen LogP contribution in [0.5, 0.6) is 0 Å². The summed E-state index contributed by atoms with van der Waals surface area (Å²) in [5, 5.41) is 9.09. The van der Waals surface area contributed by atoms with Crippen molar-refractivity contribution in [1.82, 2.24) is 4.72 Å². The molecule has 2 N–H and O–H groups in total. The van der Waals surface area contributed by atoms with Gasteiger partial charge in [0.25, 0.3) is 0 Å². The number of halogens is 1. The molecule has 20 heavy (non-hydrogen) atoms. The second-order valence-corrected chi connectivity index (χ2v) is 7.18. The largest absolute Gasteiger partial charge is 0.392 e. The third-order valence-electron chi connectivity index (χ3n) is 2.97. The van der Waals surface area contributed by atoms with Crippen LogP contribution in [0.4, 0.5) is 4.39 Å². The van der Waals surface area contributed by atoms with Gasteiger partial charge in [-0.3, -0.25) is 0 Å². The highest BCUT2D eigenvalue weighted by atomic mass is 32.2. The summed E-state index contributed by atoms with van der Waals surface area (Å²) in [5.41, 5.74) is 0.193. The highest BCUT2D eigenvalue weighted by Gasteiger charge is 2.21. The summed E-state index contributed by atoms with van der Waals surface area (Å²) in [6.45, 7) is 2.85. The van der Waals surface area contributed by atoms with Crippen LogP contribution in [-0.2, 0) is 16.6 Å². The minimum atomic E-state index is -3.71. The number of nitrogens with one attached hydrogen (secondary N) is 1. The minimum Gasteiger partial charge on any atom is -0.392 e. The predicted molar refractivity (Wildman–Crippen MR) is 79.8 cm³/mol. The Morgan fingerprint density at radius 2 is 2.10 bits per heavy atom. The van der Waals surface area contributed by atoms with E-state index in [1.165, 1.54) is 19.1 Å². The summed E-state index contributed by atoms with van der Waals surface area (Å²) >= 11 is 1.56. The lowest BCUT2D eigenvalue weighted by Crippen LogP contribution is -2.36. The summed E-state index contributed by atoms with van der Waals surface area (Å²) in [6.07, 6.45) is 2.58. The van der Waals surface area contributed by atoms with E-state index >= 15 is 0 Å². The molecule has 1 aromatic rings. The first-order valence-electron chi connectivity index (χ1n) is 6.26. The van der Waals surface area contributed by atoms with E-state index in [4.69, 9.17) is 5.11 Å². The summed E-state index contributed by atoms with van der Waals surface area (Å²) in [6, 6.07) is 2.29. The van der Waals surface area contributed by atoms with Crippen molar-refractivity contribution in [1.29, 1.82) is 0 Å². The van der Waals surface area contributed by atoms with Crippen LogP contribution in [0, 0.1) is 12.7 Å². The molecule has 114 valence electrons. The maximum atomic E-state index is 13.6. The first kappa shape index (κ1) is 17.4. The average molecular weight is 321 g/mol. The fourth-order valence-electron chi connectivity index (χ4n) is 1.80. The van der Waals surface area contributed by atoms with Crippen molar-refractivity contribution in [2.45, 2.75) is 37.8 Å². The number of rotatable bonds is 7. The zero-order chi connectivity index (χ0) is 15.3. The molecule has 0 saturated carbocycles. The molecule has 0 bridgehead atoms. The zero-order valence-corrected chi connectivity index (χ0v) is 13.4. The Labute approximate surface area is 123 Å². The van der Waals surface area contributed by atoms with E-state index in [2.05, 4.69) is 4.72 Å². The lowest BCUT2D eigenvalue weighted by atomic mass is 10.1. The molecule has 0 aliphatic heterocycles. The van der Waals surface area contributed by atoms with Crippen molar-refractivity contribution in [3.63, 3.8) is 0 Å². The number of sulfonamides is 1. The Hall–Kier alpha value is -0.630. The smallest absolute Gasteiger partial charge is 0.240 e. The van der Waals surface area contributed by atoms with Crippen LogP contribution in [-0.4, -0.2) is 31.6 Å². The number of thioether (sulfide) groups is 1. The van der Waals surface area contributed by atoms with Crippen LogP contribution >= 0.6 is 11.8 Å². The first-order chi connectivity index (χ1) is 9.35. The second kappa shape index (κ2) is 7.40. The molecule has 0 aromatic heterocycles. The van der Waals surface area contributed by atoms with Crippen LogP contribution in [0.15, 0.2) is 17.0 Å². The van der Waals surface area contributed by atoms with Crippen molar-refractivity contribution in [3.8, 4) is 0 Å². The minimum absolute atomic E-state index is 0.0108. The van der Waals surface area contributed by atoms with Gasteiger partial charge in [0.05, 0.1) is 11.5 Å². The highest BCUT2D eigenvalue weighted by Crippen LogP contribution is 2.20. The van der Waals surface area contributed by atoms with Crippen molar-refractivity contribution >= 4 is 21.8 Å². The van der Waals surface area contributed by atoms with E-state index < -0.39 is 22.4 Å². The van der Waals surface area contributed by atoms with Crippen molar-refractivity contribution < 1.29 is 17.9 Å². The lowest BCUT2D eigenvalue weighted by molar-refractivity contribution is 0.275. The van der Waals surface area contributed by atoms with Gasteiger partial charge in [0.15, 0.2) is 0 Å². The van der Waals surface area contributed by atoms with Crippen molar-refractivity contribution in [2.75, 3.05) is 12.0 Å². The Kier molecular flexibility index (Phi) is 6.44. The summed E-state index contributed by atoms with van der Waals surface area (Å²) in [7, 11) is -3.71. The van der Waals surface area contributed by atoms with Crippen LogP contribution in [0.2, 0.25) is 0 Å². The lowest BCUT2D eigenvalue weighted by Gasteiger charge is -2.17. The zero-order valence-electron chi connectivity index (χ0n) is 11.8. The number of hydrogen-bond acceptors (Lipinski definition) is 4. The average Bonchev–Trinajstić information content (AvgIpc) is 2.40. The molecular formula is C13H20FNO3S2.